The molecule has 0 saturated carbocycles. The third kappa shape index (κ3) is 9.27. The molecule has 0 amide bonds. The number of hydrogen-bond acceptors (Lipinski definition) is 3. The third-order valence-electron chi connectivity index (χ3n) is 1.66. The molecule has 1 unspecified atom stereocenters. The van der Waals surface area contributed by atoms with Crippen LogP contribution in [0, 0.1) is 0 Å². The molecule has 0 aliphatic carbocycles. The van der Waals surface area contributed by atoms with Gasteiger partial charge in [0.25, 0.3) is 0 Å². The van der Waals surface area contributed by atoms with Crippen LogP contribution < -0.4 is 56.7 Å². The van der Waals surface area contributed by atoms with Crippen LogP contribution in [0.3, 0.4) is 0 Å². The molecule has 8 nitrogen and oxygen atoms in total. The molecule has 16 heavy (non-hydrogen) atoms. The van der Waals surface area contributed by atoms with E-state index in [-0.39, 0.29) is 89.6 Å². The van der Waals surface area contributed by atoms with Crippen LogP contribution in [0.25, 0.3) is 0 Å². The van der Waals surface area contributed by atoms with Crippen molar-refractivity contribution in [2.75, 3.05) is 5.88 Å². The van der Waals surface area contributed by atoms with Gasteiger partial charge in [-0.1, -0.05) is 0 Å². The number of carboxylic acid groups (broad SMARTS) is 1. The zero-order valence-corrected chi connectivity index (χ0v) is 13.5. The predicted molar refractivity (Wildman–Crippen MR) is 59.2 cm³/mol. The van der Waals surface area contributed by atoms with Crippen molar-refractivity contribution in [3.63, 3.8) is 0 Å². The fourth-order valence-electron chi connectivity index (χ4n) is 0.992. The van der Waals surface area contributed by atoms with Gasteiger partial charge in [-0.05, 0) is 13.8 Å². The second kappa shape index (κ2) is 14.3. The van der Waals surface area contributed by atoms with E-state index in [2.05, 4.69) is 5.32 Å². The molecule has 10 heteroatoms. The van der Waals surface area contributed by atoms with E-state index in [0.717, 1.165) is 5.88 Å². The minimum absolute atomic E-state index is 0. The fourth-order valence-corrected chi connectivity index (χ4v) is 2.26. The topological polar surface area (TPSA) is 207 Å². The summed E-state index contributed by atoms with van der Waals surface area (Å²) in [5.74, 6) is 0.0178. The number of aliphatic carboxylic acids is 1. The molecule has 1 saturated heterocycles. The molecule has 98 valence electrons. The van der Waals surface area contributed by atoms with E-state index in [0.29, 0.717) is 0 Å². The summed E-state index contributed by atoms with van der Waals surface area (Å²) in [7, 11) is 0. The summed E-state index contributed by atoms with van der Waals surface area (Å²) in [6.07, 6.45) is 0. The van der Waals surface area contributed by atoms with Crippen LogP contribution in [0.2, 0.25) is 0 Å². The number of nitrogens with one attached hydrogen (secondary N) is 1. The van der Waals surface area contributed by atoms with Crippen LogP contribution in [-0.4, -0.2) is 55.1 Å². The van der Waals surface area contributed by atoms with Gasteiger partial charge in [0.05, 0.1) is 0 Å². The minimum Gasteiger partial charge on any atom is -0.480 e. The van der Waals surface area contributed by atoms with E-state index < -0.39 is 5.97 Å². The molecule has 1 aliphatic rings. The van der Waals surface area contributed by atoms with Crippen molar-refractivity contribution in [1.82, 2.24) is 5.32 Å². The molecule has 1 fully saturated rings. The zero-order chi connectivity index (χ0) is 7.78. The molecule has 0 aromatic heterocycles. The van der Waals surface area contributed by atoms with Crippen LogP contribution in [0.4, 0.5) is 0 Å². The summed E-state index contributed by atoms with van der Waals surface area (Å²) in [4.78, 5) is 10.6. The summed E-state index contributed by atoms with van der Waals surface area (Å²) in [6.45, 7) is 3.82. The van der Waals surface area contributed by atoms with E-state index in [1.807, 2.05) is 13.8 Å². The number of carbonyl (C=O) groups is 1. The predicted octanol–water partition coefficient (Wildman–Crippen LogP) is -6.61. The van der Waals surface area contributed by atoms with Crippen molar-refractivity contribution in [2.24, 2.45) is 0 Å². The average Bonchev–Trinajstić information content (AvgIpc) is 2.08. The summed E-state index contributed by atoms with van der Waals surface area (Å²) < 4.78 is 0. The molecular formula is C6H21KNO7S+. The Morgan fingerprint density at radius 2 is 1.62 bits per heavy atom. The maximum Gasteiger partial charge on any atom is 1.00 e. The second-order valence-corrected chi connectivity index (χ2v) is 4.02. The number of hydrogen-bond donors (Lipinski definition) is 2. The van der Waals surface area contributed by atoms with Crippen molar-refractivity contribution in [3.8, 4) is 0 Å². The normalized spacial score (nSPS) is 19.0. The van der Waals surface area contributed by atoms with Crippen LogP contribution in [0.1, 0.15) is 13.8 Å². The Kier molecular flexibility index (Phi) is 32.1. The van der Waals surface area contributed by atoms with Gasteiger partial charge < -0.3 is 37.8 Å². The van der Waals surface area contributed by atoms with Crippen molar-refractivity contribution in [3.05, 3.63) is 0 Å². The first-order valence-electron chi connectivity index (χ1n) is 3.13. The Morgan fingerprint density at radius 3 is 1.75 bits per heavy atom. The largest absolute Gasteiger partial charge is 1.00 e. The Morgan fingerprint density at radius 1 is 1.25 bits per heavy atom. The van der Waals surface area contributed by atoms with Gasteiger partial charge in [-0.15, -0.1) is 11.8 Å². The molecule has 1 heterocycles. The van der Waals surface area contributed by atoms with Crippen molar-refractivity contribution in [1.29, 1.82) is 0 Å². The Balaban J connectivity index is -0.0000000417. The summed E-state index contributed by atoms with van der Waals surface area (Å²) in [5.41, 5.74) is -0.253. The summed E-state index contributed by atoms with van der Waals surface area (Å²) in [5, 5.41) is 11.5. The van der Waals surface area contributed by atoms with Crippen LogP contribution in [0.15, 0.2) is 0 Å². The Hall–Kier alpha value is 1.22. The third-order valence-corrected chi connectivity index (χ3v) is 3.09. The molecule has 0 spiro atoms. The van der Waals surface area contributed by atoms with Gasteiger partial charge in [0.15, 0.2) is 0 Å². The Bertz CT molecular complexity index is 171. The SMILES string of the molecule is CC1(C)NCSC1C(=O)O.O.O.O.O.O.[K+]. The van der Waals surface area contributed by atoms with Crippen molar-refractivity contribution < 1.29 is 88.7 Å². The standard InChI is InChI=1S/C6H11NO2S.K.5H2O/c1-6(2)4(5(8)9)10-3-7-6;;;;;;/h4,7H,3H2,1-2H3,(H,8,9);;5*1H2/q;+1;;;;;. The van der Waals surface area contributed by atoms with Crippen LogP contribution >= 0.6 is 11.8 Å². The number of rotatable bonds is 1. The maximum absolute atomic E-state index is 10.6. The van der Waals surface area contributed by atoms with E-state index >= 15 is 0 Å². The van der Waals surface area contributed by atoms with Gasteiger partial charge >= 0.3 is 57.4 Å². The molecule has 12 N–H and O–H groups in total. The zero-order valence-electron chi connectivity index (χ0n) is 9.55. The first-order chi connectivity index (χ1) is 4.54. The van der Waals surface area contributed by atoms with Gasteiger partial charge in [0.2, 0.25) is 0 Å². The summed E-state index contributed by atoms with van der Waals surface area (Å²) >= 11 is 1.45. The van der Waals surface area contributed by atoms with Gasteiger partial charge in [-0.2, -0.15) is 0 Å². The van der Waals surface area contributed by atoms with Crippen molar-refractivity contribution >= 4 is 17.7 Å². The monoisotopic (exact) mass is 290 g/mol. The first-order valence-corrected chi connectivity index (χ1v) is 4.18. The summed E-state index contributed by atoms with van der Waals surface area (Å²) in [6, 6.07) is 0. The van der Waals surface area contributed by atoms with Crippen molar-refractivity contribution in [2.45, 2.75) is 24.6 Å². The van der Waals surface area contributed by atoms with E-state index in [1.54, 1.807) is 0 Å². The smallest absolute Gasteiger partial charge is 0.480 e. The number of thioether (sulfide) groups is 1. The first kappa shape index (κ1) is 36.0. The molecular weight excluding hydrogens is 269 g/mol. The molecule has 1 atom stereocenters. The van der Waals surface area contributed by atoms with Gasteiger partial charge in [-0.25, -0.2) is 0 Å². The van der Waals surface area contributed by atoms with Crippen LogP contribution in [-0.2, 0) is 4.79 Å². The van der Waals surface area contributed by atoms with E-state index in [1.165, 1.54) is 11.8 Å². The molecule has 1 aliphatic heterocycles. The van der Waals surface area contributed by atoms with E-state index in [4.69, 9.17) is 5.11 Å². The van der Waals surface area contributed by atoms with Gasteiger partial charge in [-0.3, -0.25) is 4.79 Å². The molecule has 0 radical (unpaired) electrons. The van der Waals surface area contributed by atoms with Gasteiger partial charge in [0.1, 0.15) is 5.25 Å². The number of carboxylic acids is 1. The maximum atomic E-state index is 10.6. The van der Waals surface area contributed by atoms with E-state index in [9.17, 15) is 4.79 Å². The molecule has 0 aromatic carbocycles. The molecule has 0 bridgehead atoms. The van der Waals surface area contributed by atoms with Crippen LogP contribution in [0.5, 0.6) is 0 Å². The molecule has 1 rings (SSSR count). The second-order valence-electron chi connectivity index (χ2n) is 2.93. The average molecular weight is 290 g/mol. The minimum atomic E-state index is -0.722. The quantitative estimate of drug-likeness (QED) is 0.451. The molecule has 0 aromatic rings. The van der Waals surface area contributed by atoms with Gasteiger partial charge in [0, 0.05) is 11.4 Å². The Labute approximate surface area is 141 Å². The fraction of sp³-hybridized carbons (Fsp3) is 0.833.